The molecule has 1 heterocycles. The van der Waals surface area contributed by atoms with Gasteiger partial charge in [-0.25, -0.2) is 0 Å². The zero-order chi connectivity index (χ0) is 17.0. The van der Waals surface area contributed by atoms with Crippen molar-refractivity contribution >= 4 is 23.4 Å². The van der Waals surface area contributed by atoms with Gasteiger partial charge in [-0.2, -0.15) is 4.73 Å². The summed E-state index contributed by atoms with van der Waals surface area (Å²) in [6.07, 6.45) is 1.43. The van der Waals surface area contributed by atoms with Crippen LogP contribution >= 0.6 is 11.8 Å². The molecular formula is C18H22N2O2S. The molecule has 1 atom stereocenters. The first kappa shape index (κ1) is 17.3. The number of carbonyl (C=O) groups excluding carboxylic acids is 1. The highest BCUT2D eigenvalue weighted by Crippen LogP contribution is 2.24. The van der Waals surface area contributed by atoms with Crippen LogP contribution in [0.3, 0.4) is 0 Å². The number of amides is 1. The lowest BCUT2D eigenvalue weighted by atomic mass is 9.87. The van der Waals surface area contributed by atoms with E-state index in [9.17, 15) is 10.0 Å². The topological polar surface area (TPSA) is 56.0 Å². The molecule has 0 saturated heterocycles. The van der Waals surface area contributed by atoms with E-state index in [1.165, 1.54) is 23.5 Å². The molecule has 122 valence electrons. The third-order valence-electron chi connectivity index (χ3n) is 3.47. The number of rotatable bonds is 4. The van der Waals surface area contributed by atoms with Crippen LogP contribution in [0, 0.1) is 5.21 Å². The second kappa shape index (κ2) is 7.04. The summed E-state index contributed by atoms with van der Waals surface area (Å²) < 4.78 is 0.770. The molecule has 0 radical (unpaired) electrons. The fraction of sp³-hybridized carbons (Fsp3) is 0.333. The minimum atomic E-state index is -0.361. The van der Waals surface area contributed by atoms with Gasteiger partial charge < -0.3 is 10.5 Å². The molecule has 2 aromatic rings. The van der Waals surface area contributed by atoms with Gasteiger partial charge in [-0.05, 0) is 47.9 Å². The summed E-state index contributed by atoms with van der Waals surface area (Å²) in [5.74, 6) is -0.123. The summed E-state index contributed by atoms with van der Waals surface area (Å²) in [4.78, 5) is 12.3. The minimum absolute atomic E-state index is 0.0841. The maximum atomic E-state index is 12.3. The molecule has 0 aliphatic heterocycles. The zero-order valence-electron chi connectivity index (χ0n) is 13.9. The number of hydrogen-bond donors (Lipinski definition) is 1. The van der Waals surface area contributed by atoms with E-state index in [1.54, 1.807) is 25.1 Å². The summed E-state index contributed by atoms with van der Waals surface area (Å²) in [7, 11) is 0. The SMILES string of the molecule is CC(Sc1cccc[n+]1[O-])C(=O)Nc1ccc(C(C)(C)C)cc1. The number of nitrogens with zero attached hydrogens (tertiary/aromatic N) is 1. The fourth-order valence-electron chi connectivity index (χ4n) is 2.04. The van der Waals surface area contributed by atoms with Crippen LogP contribution in [0.2, 0.25) is 0 Å². The third kappa shape index (κ3) is 4.73. The Balaban J connectivity index is 2.00. The Morgan fingerprint density at radius 3 is 2.39 bits per heavy atom. The zero-order valence-corrected chi connectivity index (χ0v) is 14.7. The van der Waals surface area contributed by atoms with Gasteiger partial charge in [0, 0.05) is 17.8 Å². The molecule has 0 fully saturated rings. The molecule has 2 rings (SSSR count). The van der Waals surface area contributed by atoms with Crippen LogP contribution in [0.5, 0.6) is 0 Å². The second-order valence-corrected chi connectivity index (χ2v) is 7.80. The summed E-state index contributed by atoms with van der Waals surface area (Å²) in [5, 5.41) is 14.7. The molecule has 0 bridgehead atoms. The molecule has 1 unspecified atom stereocenters. The average Bonchev–Trinajstić information content (AvgIpc) is 2.49. The lowest BCUT2D eigenvalue weighted by Gasteiger charge is -2.19. The average molecular weight is 330 g/mol. The van der Waals surface area contributed by atoms with Crippen LogP contribution in [-0.4, -0.2) is 11.2 Å². The highest BCUT2D eigenvalue weighted by atomic mass is 32.2. The standard InChI is InChI=1S/C18H22N2O2S/c1-13(23-16-7-5-6-12-20(16)22)17(21)19-15-10-8-14(9-11-15)18(2,3)4/h5-13H,1-4H3,(H,19,21). The Kier molecular flexibility index (Phi) is 5.31. The molecule has 0 aliphatic rings. The van der Waals surface area contributed by atoms with Crippen molar-refractivity contribution in [2.24, 2.45) is 0 Å². The van der Waals surface area contributed by atoms with E-state index in [2.05, 4.69) is 26.1 Å². The van der Waals surface area contributed by atoms with Crippen LogP contribution in [0.4, 0.5) is 5.69 Å². The Labute approximate surface area is 141 Å². The molecule has 5 heteroatoms. The third-order valence-corrected chi connectivity index (χ3v) is 4.60. The van der Waals surface area contributed by atoms with Crippen molar-refractivity contribution in [1.82, 2.24) is 0 Å². The van der Waals surface area contributed by atoms with Gasteiger partial charge in [0.05, 0.1) is 5.25 Å². The minimum Gasteiger partial charge on any atom is -0.618 e. The summed E-state index contributed by atoms with van der Waals surface area (Å²) in [5.41, 5.74) is 2.06. The molecule has 4 nitrogen and oxygen atoms in total. The normalized spacial score (nSPS) is 12.7. The van der Waals surface area contributed by atoms with Crippen LogP contribution in [0.1, 0.15) is 33.3 Å². The van der Waals surface area contributed by atoms with E-state index in [0.29, 0.717) is 5.03 Å². The van der Waals surface area contributed by atoms with Gasteiger partial charge in [-0.1, -0.05) is 32.9 Å². The van der Waals surface area contributed by atoms with Gasteiger partial charge in [-0.3, -0.25) is 4.79 Å². The van der Waals surface area contributed by atoms with Crippen molar-refractivity contribution in [3.63, 3.8) is 0 Å². The highest BCUT2D eigenvalue weighted by molar-refractivity contribution is 8.00. The number of aromatic nitrogens is 1. The van der Waals surface area contributed by atoms with Gasteiger partial charge in [-0.15, -0.1) is 0 Å². The van der Waals surface area contributed by atoms with E-state index < -0.39 is 0 Å². The Hall–Kier alpha value is -2.01. The predicted molar refractivity (Wildman–Crippen MR) is 94.5 cm³/mol. The largest absolute Gasteiger partial charge is 0.618 e. The number of benzene rings is 1. The quantitative estimate of drug-likeness (QED) is 0.528. The highest BCUT2D eigenvalue weighted by Gasteiger charge is 2.19. The number of anilines is 1. The van der Waals surface area contributed by atoms with Crippen molar-refractivity contribution in [1.29, 1.82) is 0 Å². The van der Waals surface area contributed by atoms with Crippen molar-refractivity contribution in [2.75, 3.05) is 5.32 Å². The molecule has 0 spiro atoms. The van der Waals surface area contributed by atoms with Gasteiger partial charge >= 0.3 is 0 Å². The number of carbonyl (C=O) groups is 1. The molecule has 23 heavy (non-hydrogen) atoms. The molecule has 0 aliphatic carbocycles. The lowest BCUT2D eigenvalue weighted by molar-refractivity contribution is -0.645. The van der Waals surface area contributed by atoms with Crippen molar-refractivity contribution in [3.8, 4) is 0 Å². The lowest BCUT2D eigenvalue weighted by Crippen LogP contribution is -2.30. The summed E-state index contributed by atoms with van der Waals surface area (Å²) in [6.45, 7) is 8.24. The molecule has 1 N–H and O–H groups in total. The predicted octanol–water partition coefficient (Wildman–Crippen LogP) is 3.74. The first-order chi connectivity index (χ1) is 10.8. The smallest absolute Gasteiger partial charge is 0.252 e. The van der Waals surface area contributed by atoms with Crippen molar-refractivity contribution in [2.45, 2.75) is 43.4 Å². The van der Waals surface area contributed by atoms with E-state index >= 15 is 0 Å². The molecule has 1 amide bonds. The monoisotopic (exact) mass is 330 g/mol. The van der Waals surface area contributed by atoms with Crippen LogP contribution < -0.4 is 10.0 Å². The molecule has 1 aromatic carbocycles. The van der Waals surface area contributed by atoms with Gasteiger partial charge in [0.1, 0.15) is 0 Å². The van der Waals surface area contributed by atoms with Gasteiger partial charge in [0.2, 0.25) is 5.91 Å². The van der Waals surface area contributed by atoms with Crippen LogP contribution in [0.25, 0.3) is 0 Å². The Morgan fingerprint density at radius 2 is 1.83 bits per heavy atom. The first-order valence-electron chi connectivity index (χ1n) is 7.53. The van der Waals surface area contributed by atoms with Gasteiger partial charge in [0.15, 0.2) is 6.20 Å². The Bertz CT molecular complexity index is 678. The summed E-state index contributed by atoms with van der Waals surface area (Å²) >= 11 is 1.24. The number of nitrogens with one attached hydrogen (secondary N) is 1. The fourth-order valence-corrected chi connectivity index (χ4v) is 2.89. The van der Waals surface area contributed by atoms with Crippen molar-refractivity contribution < 1.29 is 9.52 Å². The van der Waals surface area contributed by atoms with E-state index in [0.717, 1.165) is 10.4 Å². The maximum Gasteiger partial charge on any atom is 0.252 e. The molecule has 1 aromatic heterocycles. The maximum absolute atomic E-state index is 12.3. The van der Waals surface area contributed by atoms with Crippen LogP contribution in [-0.2, 0) is 10.2 Å². The number of pyridine rings is 1. The summed E-state index contributed by atoms with van der Waals surface area (Å²) in [6, 6.07) is 13.0. The van der Waals surface area contributed by atoms with E-state index in [-0.39, 0.29) is 16.6 Å². The number of thioether (sulfide) groups is 1. The van der Waals surface area contributed by atoms with Crippen molar-refractivity contribution in [3.05, 3.63) is 59.4 Å². The first-order valence-corrected chi connectivity index (χ1v) is 8.41. The Morgan fingerprint density at radius 1 is 1.17 bits per heavy atom. The molecule has 0 saturated carbocycles. The van der Waals surface area contributed by atoms with Crippen LogP contribution in [0.15, 0.2) is 53.7 Å². The molecular weight excluding hydrogens is 308 g/mol. The second-order valence-electron chi connectivity index (χ2n) is 6.44. The number of hydrogen-bond acceptors (Lipinski definition) is 3. The van der Waals surface area contributed by atoms with E-state index in [4.69, 9.17) is 0 Å². The van der Waals surface area contributed by atoms with E-state index in [1.807, 2.05) is 24.3 Å². The van der Waals surface area contributed by atoms with Gasteiger partial charge in [0.25, 0.3) is 5.03 Å².